The van der Waals surface area contributed by atoms with Crippen LogP contribution in [-0.4, -0.2) is 58.5 Å². The summed E-state index contributed by atoms with van der Waals surface area (Å²) in [5.41, 5.74) is 0.681. The van der Waals surface area contributed by atoms with Gasteiger partial charge < -0.3 is 5.11 Å². The van der Waals surface area contributed by atoms with Gasteiger partial charge in [-0.05, 0) is 12.5 Å². The zero-order chi connectivity index (χ0) is 13.9. The summed E-state index contributed by atoms with van der Waals surface area (Å²) in [6.07, 6.45) is 3.44. The van der Waals surface area contributed by atoms with Gasteiger partial charge in [0.1, 0.15) is 6.33 Å². The van der Waals surface area contributed by atoms with Crippen LogP contribution < -0.4 is 0 Å². The van der Waals surface area contributed by atoms with Gasteiger partial charge in [-0.1, -0.05) is 0 Å². The normalized spacial score (nSPS) is 21.6. The third kappa shape index (κ3) is 3.97. The van der Waals surface area contributed by atoms with Gasteiger partial charge in [0, 0.05) is 18.8 Å². The van der Waals surface area contributed by atoms with E-state index in [1.165, 1.54) is 6.33 Å². The second-order valence-corrected chi connectivity index (χ2v) is 6.79. The Kier molecular flexibility index (Phi) is 4.11. The molecule has 0 spiro atoms. The summed E-state index contributed by atoms with van der Waals surface area (Å²) in [6, 6.07) is 1.44. The number of carbonyl (C=O) groups is 1. The van der Waals surface area contributed by atoms with E-state index in [2.05, 4.69) is 9.97 Å². The van der Waals surface area contributed by atoms with Crippen LogP contribution >= 0.6 is 0 Å². The fraction of sp³-hybridized carbons (Fsp3) is 0.545. The van der Waals surface area contributed by atoms with E-state index in [0.29, 0.717) is 18.7 Å². The van der Waals surface area contributed by atoms with Crippen LogP contribution in [0.1, 0.15) is 12.1 Å². The SMILES string of the molecule is O=C(O)CN(Cc1ccncn1)C1CCS(=O)(=O)C1. The first kappa shape index (κ1) is 13.9. The smallest absolute Gasteiger partial charge is 0.317 e. The first-order chi connectivity index (χ1) is 8.96. The highest BCUT2D eigenvalue weighted by atomic mass is 32.2. The second-order valence-electron chi connectivity index (χ2n) is 4.56. The highest BCUT2D eigenvalue weighted by Gasteiger charge is 2.33. The van der Waals surface area contributed by atoms with E-state index in [-0.39, 0.29) is 24.1 Å². The first-order valence-electron chi connectivity index (χ1n) is 5.87. The van der Waals surface area contributed by atoms with Crippen molar-refractivity contribution in [3.63, 3.8) is 0 Å². The van der Waals surface area contributed by atoms with E-state index in [4.69, 9.17) is 5.11 Å². The van der Waals surface area contributed by atoms with Gasteiger partial charge in [0.15, 0.2) is 9.84 Å². The summed E-state index contributed by atoms with van der Waals surface area (Å²) in [5.74, 6) is -0.832. The van der Waals surface area contributed by atoms with Crippen molar-refractivity contribution in [2.75, 3.05) is 18.1 Å². The fourth-order valence-electron chi connectivity index (χ4n) is 2.17. The molecule has 0 bridgehead atoms. The number of nitrogens with zero attached hydrogens (tertiary/aromatic N) is 3. The van der Waals surface area contributed by atoms with E-state index in [1.54, 1.807) is 17.2 Å². The van der Waals surface area contributed by atoms with E-state index < -0.39 is 15.8 Å². The lowest BCUT2D eigenvalue weighted by Crippen LogP contribution is -2.39. The summed E-state index contributed by atoms with van der Waals surface area (Å²) in [6.45, 7) is 0.124. The molecule has 1 N–H and O–H groups in total. The molecule has 2 heterocycles. The predicted molar refractivity (Wildman–Crippen MR) is 67.1 cm³/mol. The number of aromatic nitrogens is 2. The molecule has 0 amide bonds. The van der Waals surface area contributed by atoms with Gasteiger partial charge >= 0.3 is 5.97 Å². The molecule has 1 aliphatic rings. The van der Waals surface area contributed by atoms with E-state index in [9.17, 15) is 13.2 Å². The van der Waals surface area contributed by atoms with Gasteiger partial charge in [-0.3, -0.25) is 9.69 Å². The van der Waals surface area contributed by atoms with Crippen molar-refractivity contribution in [3.8, 4) is 0 Å². The Morgan fingerprint density at radius 3 is 2.84 bits per heavy atom. The van der Waals surface area contributed by atoms with Crippen LogP contribution in [0.5, 0.6) is 0 Å². The predicted octanol–water partition coefficient (Wildman–Crippen LogP) is -0.450. The molecule has 0 saturated carbocycles. The summed E-state index contributed by atoms with van der Waals surface area (Å²) in [4.78, 5) is 20.4. The largest absolute Gasteiger partial charge is 0.480 e. The summed E-state index contributed by atoms with van der Waals surface area (Å²) in [7, 11) is -3.04. The maximum absolute atomic E-state index is 11.5. The molecule has 19 heavy (non-hydrogen) atoms. The number of sulfone groups is 1. The Balaban J connectivity index is 2.10. The molecule has 2 rings (SSSR count). The van der Waals surface area contributed by atoms with E-state index in [1.807, 2.05) is 0 Å². The summed E-state index contributed by atoms with van der Waals surface area (Å²) >= 11 is 0. The molecule has 8 heteroatoms. The highest BCUT2D eigenvalue weighted by molar-refractivity contribution is 7.91. The maximum Gasteiger partial charge on any atom is 0.317 e. The Labute approximate surface area is 111 Å². The minimum atomic E-state index is -3.04. The van der Waals surface area contributed by atoms with Crippen LogP contribution in [-0.2, 0) is 21.2 Å². The van der Waals surface area contributed by atoms with Crippen LogP contribution in [0, 0.1) is 0 Å². The molecule has 1 aromatic heterocycles. The van der Waals surface area contributed by atoms with Crippen molar-refractivity contribution in [2.24, 2.45) is 0 Å². The van der Waals surface area contributed by atoms with Gasteiger partial charge in [0.25, 0.3) is 0 Å². The van der Waals surface area contributed by atoms with Crippen molar-refractivity contribution in [1.29, 1.82) is 0 Å². The molecule has 1 unspecified atom stereocenters. The molecule has 0 aromatic carbocycles. The molecule has 1 fully saturated rings. The molecular weight excluding hydrogens is 270 g/mol. The standard InChI is InChI=1S/C11H15N3O4S/c15-11(16)6-14(5-9-1-3-12-8-13-9)10-2-4-19(17,18)7-10/h1,3,8,10H,2,4-7H2,(H,15,16). The first-order valence-corrected chi connectivity index (χ1v) is 7.69. The minimum absolute atomic E-state index is 0.0192. The lowest BCUT2D eigenvalue weighted by Gasteiger charge is -2.25. The molecule has 1 aromatic rings. The Morgan fingerprint density at radius 2 is 2.32 bits per heavy atom. The van der Waals surface area contributed by atoms with Gasteiger partial charge in [-0.15, -0.1) is 0 Å². The molecule has 7 nitrogen and oxygen atoms in total. The number of hydrogen-bond acceptors (Lipinski definition) is 6. The van der Waals surface area contributed by atoms with Gasteiger partial charge in [0.2, 0.25) is 0 Å². The number of carboxylic acids is 1. The Hall–Kier alpha value is -1.54. The van der Waals surface area contributed by atoms with Crippen LogP contribution in [0.3, 0.4) is 0 Å². The average molecular weight is 285 g/mol. The van der Waals surface area contributed by atoms with E-state index >= 15 is 0 Å². The topological polar surface area (TPSA) is 100 Å². The van der Waals surface area contributed by atoms with Gasteiger partial charge in [-0.25, -0.2) is 18.4 Å². The van der Waals surface area contributed by atoms with Crippen LogP contribution in [0.4, 0.5) is 0 Å². The number of hydrogen-bond donors (Lipinski definition) is 1. The Morgan fingerprint density at radius 1 is 1.53 bits per heavy atom. The summed E-state index contributed by atoms with van der Waals surface area (Å²) in [5, 5.41) is 8.93. The van der Waals surface area contributed by atoms with Crippen LogP contribution in [0.25, 0.3) is 0 Å². The molecule has 0 aliphatic carbocycles. The minimum Gasteiger partial charge on any atom is -0.480 e. The van der Waals surface area contributed by atoms with Crippen LogP contribution in [0.2, 0.25) is 0 Å². The maximum atomic E-state index is 11.5. The zero-order valence-electron chi connectivity index (χ0n) is 10.3. The van der Waals surface area contributed by atoms with Crippen molar-refractivity contribution in [3.05, 3.63) is 24.3 Å². The van der Waals surface area contributed by atoms with Crippen LogP contribution in [0.15, 0.2) is 18.6 Å². The molecule has 1 aliphatic heterocycles. The van der Waals surface area contributed by atoms with Crippen molar-refractivity contribution < 1.29 is 18.3 Å². The Bertz CT molecular complexity index is 546. The third-order valence-corrected chi connectivity index (χ3v) is 4.82. The number of rotatable bonds is 5. The summed E-state index contributed by atoms with van der Waals surface area (Å²) < 4.78 is 23.0. The molecule has 1 atom stereocenters. The lowest BCUT2D eigenvalue weighted by atomic mass is 10.2. The molecular formula is C11H15N3O4S. The highest BCUT2D eigenvalue weighted by Crippen LogP contribution is 2.19. The molecule has 104 valence electrons. The number of carboxylic acid groups (broad SMARTS) is 1. The molecule has 1 saturated heterocycles. The van der Waals surface area contributed by atoms with Crippen molar-refractivity contribution in [2.45, 2.75) is 19.0 Å². The van der Waals surface area contributed by atoms with E-state index in [0.717, 1.165) is 0 Å². The second kappa shape index (κ2) is 5.62. The monoisotopic (exact) mass is 285 g/mol. The van der Waals surface area contributed by atoms with Gasteiger partial charge in [0.05, 0.1) is 23.7 Å². The fourth-order valence-corrected chi connectivity index (χ4v) is 3.93. The average Bonchev–Trinajstić information content (AvgIpc) is 2.70. The zero-order valence-corrected chi connectivity index (χ0v) is 11.1. The van der Waals surface area contributed by atoms with Crippen molar-refractivity contribution in [1.82, 2.24) is 14.9 Å². The van der Waals surface area contributed by atoms with Gasteiger partial charge in [-0.2, -0.15) is 0 Å². The van der Waals surface area contributed by atoms with Crippen molar-refractivity contribution >= 4 is 15.8 Å². The molecule has 0 radical (unpaired) electrons. The number of aliphatic carboxylic acids is 1. The quantitative estimate of drug-likeness (QED) is 0.782. The lowest BCUT2D eigenvalue weighted by molar-refractivity contribution is -0.139. The third-order valence-electron chi connectivity index (χ3n) is 3.07.